The zero-order valence-electron chi connectivity index (χ0n) is 20.6. The van der Waals surface area contributed by atoms with E-state index in [2.05, 4.69) is 106 Å². The number of aromatic nitrogens is 3. The summed E-state index contributed by atoms with van der Waals surface area (Å²) in [6.45, 7) is 0. The van der Waals surface area contributed by atoms with Crippen LogP contribution in [0, 0.1) is 0 Å². The van der Waals surface area contributed by atoms with Gasteiger partial charge in [0.05, 0.1) is 22.4 Å². The molecule has 0 atom stereocenters. The molecule has 180 valence electrons. The second kappa shape index (κ2) is 9.34. The average Bonchev–Trinajstić information content (AvgIpc) is 3.33. The fourth-order valence-electron chi connectivity index (χ4n) is 5.12. The standard InChI is InChI=1S/C34H24N4/c1-2-11-24(12-3-1)25-21-26(36-34-19-10-16-31(37-34)30-15-8-9-20-35-30)23-27(22-25)38-32-17-6-4-13-28(32)29-14-5-7-18-33(29)38/h1-23H,(H,36,37). The summed E-state index contributed by atoms with van der Waals surface area (Å²) in [6.07, 6.45) is 1.79. The first-order valence-electron chi connectivity index (χ1n) is 12.7. The van der Waals surface area contributed by atoms with Crippen molar-refractivity contribution in [3.05, 3.63) is 140 Å². The van der Waals surface area contributed by atoms with Gasteiger partial charge >= 0.3 is 0 Å². The highest BCUT2D eigenvalue weighted by molar-refractivity contribution is 6.09. The zero-order chi connectivity index (χ0) is 25.3. The van der Waals surface area contributed by atoms with Crippen molar-refractivity contribution in [2.24, 2.45) is 0 Å². The molecule has 0 bridgehead atoms. The van der Waals surface area contributed by atoms with Gasteiger partial charge in [-0.25, -0.2) is 4.98 Å². The zero-order valence-corrected chi connectivity index (χ0v) is 20.6. The molecule has 0 fully saturated rings. The van der Waals surface area contributed by atoms with Gasteiger partial charge in [0.2, 0.25) is 0 Å². The second-order valence-electron chi connectivity index (χ2n) is 9.25. The number of fused-ring (bicyclic) bond motifs is 3. The molecule has 0 radical (unpaired) electrons. The lowest BCUT2D eigenvalue weighted by atomic mass is 10.0. The molecule has 0 unspecified atom stereocenters. The smallest absolute Gasteiger partial charge is 0.131 e. The molecule has 0 aliphatic heterocycles. The van der Waals surface area contributed by atoms with Crippen LogP contribution < -0.4 is 5.32 Å². The maximum Gasteiger partial charge on any atom is 0.131 e. The van der Waals surface area contributed by atoms with Crippen LogP contribution >= 0.6 is 0 Å². The number of pyridine rings is 2. The first-order chi connectivity index (χ1) is 18.8. The Morgan fingerprint density at radius 1 is 0.526 bits per heavy atom. The highest BCUT2D eigenvalue weighted by Gasteiger charge is 2.14. The van der Waals surface area contributed by atoms with Crippen LogP contribution in [0.2, 0.25) is 0 Å². The third-order valence-electron chi connectivity index (χ3n) is 6.81. The Morgan fingerprint density at radius 3 is 1.95 bits per heavy atom. The van der Waals surface area contributed by atoms with E-state index < -0.39 is 0 Å². The van der Waals surface area contributed by atoms with E-state index in [0.717, 1.165) is 39.7 Å². The van der Waals surface area contributed by atoms with E-state index in [1.807, 2.05) is 42.5 Å². The first-order valence-corrected chi connectivity index (χ1v) is 12.7. The van der Waals surface area contributed by atoms with Crippen molar-refractivity contribution in [2.45, 2.75) is 0 Å². The van der Waals surface area contributed by atoms with Crippen molar-refractivity contribution >= 4 is 33.3 Å². The molecule has 0 aliphatic carbocycles. The molecule has 3 heterocycles. The van der Waals surface area contributed by atoms with Gasteiger partial charge in [0.15, 0.2) is 0 Å². The highest BCUT2D eigenvalue weighted by Crippen LogP contribution is 2.35. The van der Waals surface area contributed by atoms with Crippen LogP contribution in [-0.2, 0) is 0 Å². The number of rotatable bonds is 5. The number of hydrogen-bond donors (Lipinski definition) is 1. The Bertz CT molecular complexity index is 1840. The molecule has 4 aromatic carbocycles. The molecule has 4 nitrogen and oxygen atoms in total. The summed E-state index contributed by atoms with van der Waals surface area (Å²) in [4.78, 5) is 9.32. The van der Waals surface area contributed by atoms with Crippen LogP contribution in [0.1, 0.15) is 0 Å². The number of anilines is 2. The Hall–Kier alpha value is -5.22. The van der Waals surface area contributed by atoms with Crippen molar-refractivity contribution in [1.82, 2.24) is 14.5 Å². The van der Waals surface area contributed by atoms with Crippen molar-refractivity contribution < 1.29 is 0 Å². The molecule has 0 saturated carbocycles. The predicted molar refractivity (Wildman–Crippen MR) is 157 cm³/mol. The Morgan fingerprint density at radius 2 is 1.21 bits per heavy atom. The monoisotopic (exact) mass is 488 g/mol. The fourth-order valence-corrected chi connectivity index (χ4v) is 5.12. The largest absolute Gasteiger partial charge is 0.340 e. The van der Waals surface area contributed by atoms with Crippen LogP contribution in [0.5, 0.6) is 0 Å². The summed E-state index contributed by atoms with van der Waals surface area (Å²) < 4.78 is 2.35. The Kier molecular flexibility index (Phi) is 5.41. The molecule has 7 rings (SSSR count). The van der Waals surface area contributed by atoms with Crippen LogP contribution in [-0.4, -0.2) is 14.5 Å². The molecular formula is C34H24N4. The van der Waals surface area contributed by atoms with Gasteiger partial charge in [0.25, 0.3) is 0 Å². The third kappa shape index (κ3) is 3.98. The second-order valence-corrected chi connectivity index (χ2v) is 9.25. The number of hydrogen-bond acceptors (Lipinski definition) is 3. The van der Waals surface area contributed by atoms with E-state index in [1.54, 1.807) is 6.20 Å². The maximum absolute atomic E-state index is 4.85. The van der Waals surface area contributed by atoms with E-state index in [1.165, 1.54) is 21.8 Å². The van der Waals surface area contributed by atoms with E-state index in [9.17, 15) is 0 Å². The molecule has 0 amide bonds. The normalized spacial score (nSPS) is 11.2. The average molecular weight is 489 g/mol. The summed E-state index contributed by atoms with van der Waals surface area (Å²) in [5.74, 6) is 0.770. The minimum atomic E-state index is 0.770. The molecule has 0 saturated heterocycles. The van der Waals surface area contributed by atoms with Crippen molar-refractivity contribution in [3.8, 4) is 28.2 Å². The minimum absolute atomic E-state index is 0.770. The van der Waals surface area contributed by atoms with Crippen LogP contribution in [0.3, 0.4) is 0 Å². The molecular weight excluding hydrogens is 464 g/mol. The Balaban J connectivity index is 1.40. The summed E-state index contributed by atoms with van der Waals surface area (Å²) >= 11 is 0. The molecule has 0 aliphatic rings. The van der Waals surface area contributed by atoms with Crippen molar-refractivity contribution in [2.75, 3.05) is 5.32 Å². The summed E-state index contributed by atoms with van der Waals surface area (Å²) in [5, 5.41) is 6.06. The number of nitrogens with one attached hydrogen (secondary N) is 1. The highest BCUT2D eigenvalue weighted by atomic mass is 15.0. The molecule has 4 heteroatoms. The maximum atomic E-state index is 4.85. The van der Waals surface area contributed by atoms with Crippen molar-refractivity contribution in [3.63, 3.8) is 0 Å². The van der Waals surface area contributed by atoms with Crippen LogP contribution in [0.4, 0.5) is 11.5 Å². The quantitative estimate of drug-likeness (QED) is 0.264. The predicted octanol–water partition coefficient (Wildman–Crippen LogP) is 8.65. The SMILES string of the molecule is c1ccc(-c2cc(Nc3cccc(-c4ccccn4)n3)cc(-n3c4ccccc4c4ccccc43)c2)cc1. The van der Waals surface area contributed by atoms with Gasteiger partial charge in [0.1, 0.15) is 5.82 Å². The van der Waals surface area contributed by atoms with E-state index in [4.69, 9.17) is 4.98 Å². The lowest BCUT2D eigenvalue weighted by Crippen LogP contribution is -1.99. The third-order valence-corrected chi connectivity index (χ3v) is 6.81. The molecule has 1 N–H and O–H groups in total. The first kappa shape index (κ1) is 22.0. The number of benzene rings is 4. The van der Waals surface area contributed by atoms with Gasteiger partial charge < -0.3 is 9.88 Å². The van der Waals surface area contributed by atoms with Gasteiger partial charge in [-0.3, -0.25) is 4.98 Å². The molecule has 3 aromatic heterocycles. The van der Waals surface area contributed by atoms with Gasteiger partial charge in [-0.05, 0) is 65.7 Å². The lowest BCUT2D eigenvalue weighted by Gasteiger charge is -2.15. The van der Waals surface area contributed by atoms with Gasteiger partial charge in [-0.2, -0.15) is 0 Å². The Labute approximate surface area is 220 Å². The van der Waals surface area contributed by atoms with Gasteiger partial charge in [0, 0.05) is 28.3 Å². The summed E-state index contributed by atoms with van der Waals surface area (Å²) in [7, 11) is 0. The van der Waals surface area contributed by atoms with Crippen LogP contribution in [0.25, 0.3) is 50.0 Å². The summed E-state index contributed by atoms with van der Waals surface area (Å²) in [5.41, 5.74) is 8.39. The van der Waals surface area contributed by atoms with Crippen LogP contribution in [0.15, 0.2) is 140 Å². The molecule has 7 aromatic rings. The van der Waals surface area contributed by atoms with Gasteiger partial charge in [-0.15, -0.1) is 0 Å². The fraction of sp³-hybridized carbons (Fsp3) is 0. The number of para-hydroxylation sites is 2. The topological polar surface area (TPSA) is 42.7 Å². The van der Waals surface area contributed by atoms with Gasteiger partial charge in [-0.1, -0.05) is 78.9 Å². The molecule has 0 spiro atoms. The minimum Gasteiger partial charge on any atom is -0.340 e. The van der Waals surface area contributed by atoms with Crippen molar-refractivity contribution in [1.29, 1.82) is 0 Å². The molecule has 38 heavy (non-hydrogen) atoms. The van der Waals surface area contributed by atoms with E-state index in [-0.39, 0.29) is 0 Å². The van der Waals surface area contributed by atoms with E-state index in [0.29, 0.717) is 0 Å². The lowest BCUT2D eigenvalue weighted by molar-refractivity contribution is 1.18. The summed E-state index contributed by atoms with van der Waals surface area (Å²) in [6, 6.07) is 46.2. The number of nitrogens with zero attached hydrogens (tertiary/aromatic N) is 3. The van der Waals surface area contributed by atoms with E-state index >= 15 is 0 Å².